The molecule has 0 saturated carbocycles. The normalized spacial score (nSPS) is 7.46. The Hall–Kier alpha value is -1.70. The van der Waals surface area contributed by atoms with Gasteiger partial charge in [0, 0.05) is 10.6 Å². The van der Waals surface area contributed by atoms with Gasteiger partial charge >= 0.3 is 0 Å². The minimum absolute atomic E-state index is 0.510. The molecule has 1 aromatic carbocycles. The molecule has 0 aromatic heterocycles. The Labute approximate surface area is 81.7 Å². The molecular weight excluding hydrogens is 184 g/mol. The summed E-state index contributed by atoms with van der Waals surface area (Å²) in [6, 6.07) is 7.08. The minimum atomic E-state index is 0.510. The zero-order valence-corrected chi connectivity index (χ0v) is 7.43. The molecule has 0 spiro atoms. The summed E-state index contributed by atoms with van der Waals surface area (Å²) in [5.74, 6) is 9.89. The van der Waals surface area contributed by atoms with Gasteiger partial charge in [0.05, 0.1) is 0 Å². The zero-order valence-electron chi connectivity index (χ0n) is 6.67. The third kappa shape index (κ3) is 3.47. The maximum atomic E-state index is 9.80. The van der Waals surface area contributed by atoms with Crippen LogP contribution in [0.2, 0.25) is 5.02 Å². The molecule has 0 aliphatic heterocycles. The van der Waals surface area contributed by atoms with E-state index in [2.05, 4.69) is 23.7 Å². The average molecular weight is 189 g/mol. The van der Waals surface area contributed by atoms with Crippen molar-refractivity contribution in [3.05, 3.63) is 34.9 Å². The van der Waals surface area contributed by atoms with Crippen molar-refractivity contribution >= 4 is 17.9 Å². The fourth-order valence-corrected chi connectivity index (χ4v) is 0.828. The Bertz CT molecular complexity index is 409. The first kappa shape index (κ1) is 9.39. The van der Waals surface area contributed by atoms with Crippen LogP contribution in [0.15, 0.2) is 24.3 Å². The Morgan fingerprint density at radius 1 is 1.15 bits per heavy atom. The Balaban J connectivity index is 2.78. The lowest BCUT2D eigenvalue weighted by Gasteiger charge is -1.88. The van der Waals surface area contributed by atoms with E-state index in [4.69, 9.17) is 11.6 Å². The monoisotopic (exact) mass is 188 g/mol. The van der Waals surface area contributed by atoms with Crippen LogP contribution >= 0.6 is 11.6 Å². The number of hydrogen-bond acceptors (Lipinski definition) is 1. The van der Waals surface area contributed by atoms with Crippen LogP contribution in [-0.2, 0) is 4.79 Å². The van der Waals surface area contributed by atoms with Crippen molar-refractivity contribution in [1.82, 2.24) is 0 Å². The highest BCUT2D eigenvalue weighted by atomic mass is 35.5. The number of aldehydes is 1. The third-order valence-electron chi connectivity index (χ3n) is 1.24. The molecule has 62 valence electrons. The summed E-state index contributed by atoms with van der Waals surface area (Å²) < 4.78 is 0. The van der Waals surface area contributed by atoms with E-state index in [9.17, 15) is 4.79 Å². The van der Waals surface area contributed by atoms with E-state index >= 15 is 0 Å². The van der Waals surface area contributed by atoms with E-state index in [1.54, 1.807) is 24.3 Å². The predicted octanol–water partition coefficient (Wildman–Crippen LogP) is 1.89. The van der Waals surface area contributed by atoms with Crippen LogP contribution in [-0.4, -0.2) is 6.29 Å². The molecule has 0 radical (unpaired) electrons. The van der Waals surface area contributed by atoms with Crippen molar-refractivity contribution in [1.29, 1.82) is 0 Å². The quantitative estimate of drug-likeness (QED) is 0.449. The third-order valence-corrected chi connectivity index (χ3v) is 1.50. The summed E-state index contributed by atoms with van der Waals surface area (Å²) in [5, 5.41) is 0.671. The van der Waals surface area contributed by atoms with Crippen molar-refractivity contribution in [2.45, 2.75) is 0 Å². The van der Waals surface area contributed by atoms with Crippen LogP contribution in [0.4, 0.5) is 0 Å². The fourth-order valence-electron chi connectivity index (χ4n) is 0.702. The second kappa shape index (κ2) is 5.04. The molecule has 0 heterocycles. The van der Waals surface area contributed by atoms with Gasteiger partial charge in [-0.15, -0.1) is 0 Å². The number of carbonyl (C=O) groups is 1. The highest BCUT2D eigenvalue weighted by Gasteiger charge is 1.85. The first-order chi connectivity index (χ1) is 6.33. The SMILES string of the molecule is O=CC#CC#Cc1ccc(Cl)cc1. The number of carbonyl (C=O) groups excluding carboxylic acids is 1. The van der Waals surface area contributed by atoms with Crippen LogP contribution in [0.5, 0.6) is 0 Å². The van der Waals surface area contributed by atoms with Gasteiger partial charge in [0.25, 0.3) is 0 Å². The molecular formula is C11H5ClO. The summed E-state index contributed by atoms with van der Waals surface area (Å²) >= 11 is 5.67. The maximum Gasteiger partial charge on any atom is 0.193 e. The highest BCUT2D eigenvalue weighted by molar-refractivity contribution is 6.30. The molecule has 1 rings (SSSR count). The standard InChI is InChI=1S/C11H5ClO/c12-11-7-5-10(6-8-11)4-2-1-3-9-13/h5-9H. The highest BCUT2D eigenvalue weighted by Crippen LogP contribution is 2.07. The van der Waals surface area contributed by atoms with Crippen molar-refractivity contribution < 1.29 is 4.79 Å². The lowest BCUT2D eigenvalue weighted by molar-refractivity contribution is -0.103. The Morgan fingerprint density at radius 3 is 2.46 bits per heavy atom. The van der Waals surface area contributed by atoms with Gasteiger partial charge < -0.3 is 0 Å². The number of halogens is 1. The van der Waals surface area contributed by atoms with Crippen molar-refractivity contribution in [2.24, 2.45) is 0 Å². The summed E-state index contributed by atoms with van der Waals surface area (Å²) in [6.45, 7) is 0. The van der Waals surface area contributed by atoms with Gasteiger partial charge in [0.1, 0.15) is 0 Å². The fraction of sp³-hybridized carbons (Fsp3) is 0. The van der Waals surface area contributed by atoms with Crippen LogP contribution in [0, 0.1) is 23.7 Å². The lowest BCUT2D eigenvalue weighted by atomic mass is 10.2. The van der Waals surface area contributed by atoms with Gasteiger partial charge in [-0.1, -0.05) is 17.5 Å². The van der Waals surface area contributed by atoms with Crippen LogP contribution < -0.4 is 0 Å². The molecule has 1 nitrogen and oxygen atoms in total. The number of benzene rings is 1. The molecule has 0 bridgehead atoms. The maximum absolute atomic E-state index is 9.80. The Morgan fingerprint density at radius 2 is 1.85 bits per heavy atom. The smallest absolute Gasteiger partial charge is 0.193 e. The summed E-state index contributed by atoms with van der Waals surface area (Å²) in [5.41, 5.74) is 0.824. The van der Waals surface area contributed by atoms with E-state index in [1.165, 1.54) is 0 Å². The van der Waals surface area contributed by atoms with Gasteiger partial charge in [-0.2, -0.15) is 0 Å². The van der Waals surface area contributed by atoms with Gasteiger partial charge in [0.15, 0.2) is 6.29 Å². The van der Waals surface area contributed by atoms with Gasteiger partial charge in [0.2, 0.25) is 0 Å². The molecule has 0 aliphatic rings. The second-order valence-corrected chi connectivity index (χ2v) is 2.58. The molecule has 0 unspecified atom stereocenters. The molecule has 0 saturated heterocycles. The summed E-state index contributed by atoms with van der Waals surface area (Å²) in [6.07, 6.45) is 0.510. The van der Waals surface area contributed by atoms with E-state index in [-0.39, 0.29) is 0 Å². The van der Waals surface area contributed by atoms with E-state index in [0.717, 1.165) is 5.56 Å². The molecule has 13 heavy (non-hydrogen) atoms. The van der Waals surface area contributed by atoms with Crippen LogP contribution in [0.1, 0.15) is 5.56 Å². The van der Waals surface area contributed by atoms with Gasteiger partial charge in [-0.05, 0) is 42.0 Å². The van der Waals surface area contributed by atoms with Crippen LogP contribution in [0.3, 0.4) is 0 Å². The molecule has 1 aromatic rings. The summed E-state index contributed by atoms with van der Waals surface area (Å²) in [7, 11) is 0. The van der Waals surface area contributed by atoms with Crippen LogP contribution in [0.25, 0.3) is 0 Å². The zero-order chi connectivity index (χ0) is 9.52. The molecule has 0 fully saturated rings. The minimum Gasteiger partial charge on any atom is -0.289 e. The Kier molecular flexibility index (Phi) is 3.64. The largest absolute Gasteiger partial charge is 0.289 e. The topological polar surface area (TPSA) is 17.1 Å². The lowest BCUT2D eigenvalue weighted by Crippen LogP contribution is -1.71. The van der Waals surface area contributed by atoms with Gasteiger partial charge in [-0.25, -0.2) is 0 Å². The van der Waals surface area contributed by atoms with E-state index in [1.807, 2.05) is 0 Å². The number of rotatable bonds is 0. The van der Waals surface area contributed by atoms with E-state index < -0.39 is 0 Å². The van der Waals surface area contributed by atoms with Crippen molar-refractivity contribution in [3.8, 4) is 23.7 Å². The molecule has 2 heteroatoms. The second-order valence-electron chi connectivity index (χ2n) is 2.14. The molecule has 0 atom stereocenters. The van der Waals surface area contributed by atoms with Crippen molar-refractivity contribution in [2.75, 3.05) is 0 Å². The first-order valence-electron chi connectivity index (χ1n) is 3.53. The first-order valence-corrected chi connectivity index (χ1v) is 3.91. The molecule has 0 amide bonds. The van der Waals surface area contributed by atoms with E-state index in [0.29, 0.717) is 11.3 Å². The predicted molar refractivity (Wildman–Crippen MR) is 52.2 cm³/mol. The molecule has 0 aliphatic carbocycles. The molecule has 0 N–H and O–H groups in total. The number of hydrogen-bond donors (Lipinski definition) is 0. The average Bonchev–Trinajstić information content (AvgIpc) is 2.15. The van der Waals surface area contributed by atoms with Gasteiger partial charge in [-0.3, -0.25) is 4.79 Å². The van der Waals surface area contributed by atoms with Crippen molar-refractivity contribution in [3.63, 3.8) is 0 Å². The summed E-state index contributed by atoms with van der Waals surface area (Å²) in [4.78, 5) is 9.80.